The van der Waals surface area contributed by atoms with Crippen LogP contribution in [0.5, 0.6) is 0 Å². The lowest BCUT2D eigenvalue weighted by Gasteiger charge is -2.08. The number of thiazole rings is 1. The quantitative estimate of drug-likeness (QED) is 0.905. The molecule has 88 valence electrons. The van der Waals surface area contributed by atoms with Crippen LogP contribution in [0.2, 0.25) is 0 Å². The Kier molecular flexibility index (Phi) is 2.49. The second-order valence-electron chi connectivity index (χ2n) is 4.59. The van der Waals surface area contributed by atoms with Gasteiger partial charge < -0.3 is 5.11 Å². The second-order valence-corrected chi connectivity index (χ2v) is 5.59. The molecule has 0 unspecified atom stereocenters. The largest absolute Gasteiger partial charge is 0.395 e. The number of pyridine rings is 1. The third-order valence-electron chi connectivity index (χ3n) is 3.32. The van der Waals surface area contributed by atoms with Crippen LogP contribution >= 0.6 is 11.3 Å². The summed E-state index contributed by atoms with van der Waals surface area (Å²) in [5.74, 6) is 0. The van der Waals surface area contributed by atoms with Crippen molar-refractivity contribution in [2.75, 3.05) is 6.61 Å². The number of nitrogens with zero attached hydrogens (tertiary/aromatic N) is 2. The third kappa shape index (κ3) is 1.77. The zero-order valence-electron chi connectivity index (χ0n) is 9.68. The van der Waals surface area contributed by atoms with Gasteiger partial charge in [0.1, 0.15) is 5.01 Å². The van der Waals surface area contributed by atoms with Gasteiger partial charge in [0, 0.05) is 16.5 Å². The molecule has 0 aromatic carbocycles. The van der Waals surface area contributed by atoms with E-state index in [0.29, 0.717) is 0 Å². The molecule has 0 atom stereocenters. The molecular weight excluding hydrogens is 232 g/mol. The number of aryl methyl sites for hydroxylation is 1. The normalized spacial score (nSPS) is 17.1. The fourth-order valence-corrected chi connectivity index (χ4v) is 3.37. The van der Waals surface area contributed by atoms with Gasteiger partial charge in [0.25, 0.3) is 0 Å². The second kappa shape index (κ2) is 3.89. The minimum Gasteiger partial charge on any atom is -0.395 e. The Labute approximate surface area is 104 Å². The van der Waals surface area contributed by atoms with Crippen molar-refractivity contribution in [1.29, 1.82) is 0 Å². The maximum atomic E-state index is 9.48. The van der Waals surface area contributed by atoms with E-state index in [1.54, 1.807) is 17.5 Å². The van der Waals surface area contributed by atoms with Crippen LogP contribution in [0.3, 0.4) is 0 Å². The molecule has 2 aromatic rings. The predicted molar refractivity (Wildman–Crippen MR) is 68.1 cm³/mol. The Morgan fingerprint density at radius 2 is 2.24 bits per heavy atom. The van der Waals surface area contributed by atoms with Crippen LogP contribution in [-0.4, -0.2) is 21.7 Å². The monoisotopic (exact) mass is 246 g/mol. The standard InChI is InChI=1S/C13H14N2OS/c1-9-11(13(8-16)5-6-13)17-12(15-9)10-4-2-3-7-14-10/h2-4,7,16H,5-6,8H2,1H3. The topological polar surface area (TPSA) is 46.0 Å². The molecule has 0 radical (unpaired) electrons. The average Bonchev–Trinajstić information content (AvgIpc) is 3.07. The highest BCUT2D eigenvalue weighted by molar-refractivity contribution is 7.15. The van der Waals surface area contributed by atoms with Crippen LogP contribution in [0.15, 0.2) is 24.4 Å². The number of rotatable bonds is 3. The van der Waals surface area contributed by atoms with E-state index in [9.17, 15) is 5.11 Å². The van der Waals surface area contributed by atoms with E-state index >= 15 is 0 Å². The minimum absolute atomic E-state index is 0.00871. The Morgan fingerprint density at radius 1 is 1.41 bits per heavy atom. The highest BCUT2D eigenvalue weighted by Crippen LogP contribution is 2.51. The number of hydrogen-bond donors (Lipinski definition) is 1. The molecule has 2 heterocycles. The van der Waals surface area contributed by atoms with Crippen molar-refractivity contribution in [2.45, 2.75) is 25.2 Å². The molecule has 4 heteroatoms. The van der Waals surface area contributed by atoms with Gasteiger partial charge in [-0.25, -0.2) is 4.98 Å². The smallest absolute Gasteiger partial charge is 0.142 e. The van der Waals surface area contributed by atoms with Crippen molar-refractivity contribution in [3.63, 3.8) is 0 Å². The van der Waals surface area contributed by atoms with Gasteiger partial charge in [-0.05, 0) is 31.9 Å². The summed E-state index contributed by atoms with van der Waals surface area (Å²) in [6.07, 6.45) is 3.94. The summed E-state index contributed by atoms with van der Waals surface area (Å²) < 4.78 is 0. The van der Waals surface area contributed by atoms with Gasteiger partial charge in [0.05, 0.1) is 18.0 Å². The van der Waals surface area contributed by atoms with Crippen molar-refractivity contribution in [3.8, 4) is 10.7 Å². The zero-order chi connectivity index (χ0) is 11.9. The van der Waals surface area contributed by atoms with Gasteiger partial charge in [-0.3, -0.25) is 4.98 Å². The first-order valence-corrected chi connectivity index (χ1v) is 6.57. The molecule has 0 aliphatic heterocycles. The molecule has 1 saturated carbocycles. The van der Waals surface area contributed by atoms with Crippen LogP contribution in [0.1, 0.15) is 23.4 Å². The predicted octanol–water partition coefficient (Wildman–Crippen LogP) is 2.54. The number of hydrogen-bond acceptors (Lipinski definition) is 4. The van der Waals surface area contributed by atoms with Crippen LogP contribution in [0.25, 0.3) is 10.7 Å². The Bertz CT molecular complexity index is 532. The first-order valence-electron chi connectivity index (χ1n) is 5.75. The Morgan fingerprint density at radius 3 is 2.82 bits per heavy atom. The van der Waals surface area contributed by atoms with Gasteiger partial charge in [-0.2, -0.15) is 0 Å². The summed E-state index contributed by atoms with van der Waals surface area (Å²) in [5.41, 5.74) is 1.97. The Hall–Kier alpha value is -1.26. The lowest BCUT2D eigenvalue weighted by molar-refractivity contribution is 0.256. The van der Waals surface area contributed by atoms with Crippen LogP contribution in [0.4, 0.5) is 0 Å². The van der Waals surface area contributed by atoms with Crippen molar-refractivity contribution >= 4 is 11.3 Å². The van der Waals surface area contributed by atoms with Crippen LogP contribution in [0, 0.1) is 6.92 Å². The summed E-state index contributed by atoms with van der Waals surface area (Å²) >= 11 is 1.67. The van der Waals surface area contributed by atoms with Crippen molar-refractivity contribution in [2.24, 2.45) is 0 Å². The molecule has 17 heavy (non-hydrogen) atoms. The van der Waals surface area contributed by atoms with Crippen LogP contribution in [-0.2, 0) is 5.41 Å². The van der Waals surface area contributed by atoms with Gasteiger partial charge in [0.15, 0.2) is 0 Å². The van der Waals surface area contributed by atoms with E-state index in [0.717, 1.165) is 29.2 Å². The highest BCUT2D eigenvalue weighted by Gasteiger charge is 2.46. The highest BCUT2D eigenvalue weighted by atomic mass is 32.1. The SMILES string of the molecule is Cc1nc(-c2ccccn2)sc1C1(CO)CC1. The van der Waals surface area contributed by atoms with Crippen molar-refractivity contribution in [3.05, 3.63) is 35.0 Å². The summed E-state index contributed by atoms with van der Waals surface area (Å²) in [6, 6.07) is 5.85. The van der Waals surface area contributed by atoms with E-state index in [1.165, 1.54) is 4.88 Å². The number of aliphatic hydroxyl groups excluding tert-OH is 1. The van der Waals surface area contributed by atoms with E-state index in [-0.39, 0.29) is 12.0 Å². The first kappa shape index (κ1) is 10.9. The number of aliphatic hydroxyl groups is 1. The minimum atomic E-state index is 0.00871. The van der Waals surface area contributed by atoms with Crippen molar-refractivity contribution < 1.29 is 5.11 Å². The fourth-order valence-electron chi connectivity index (χ4n) is 2.10. The zero-order valence-corrected chi connectivity index (χ0v) is 10.5. The first-order chi connectivity index (χ1) is 8.25. The molecule has 0 bridgehead atoms. The summed E-state index contributed by atoms with van der Waals surface area (Å²) in [4.78, 5) is 10.1. The molecule has 0 spiro atoms. The van der Waals surface area contributed by atoms with Gasteiger partial charge in [-0.1, -0.05) is 6.07 Å². The molecule has 1 N–H and O–H groups in total. The maximum Gasteiger partial charge on any atom is 0.142 e. The Balaban J connectivity index is 2.02. The van der Waals surface area contributed by atoms with Crippen molar-refractivity contribution in [1.82, 2.24) is 9.97 Å². The molecule has 1 fully saturated rings. The summed E-state index contributed by atoms with van der Waals surface area (Å²) in [5, 5.41) is 10.4. The molecular formula is C13H14N2OS. The van der Waals surface area contributed by atoms with E-state index in [4.69, 9.17) is 0 Å². The molecule has 2 aromatic heterocycles. The molecule has 3 rings (SSSR count). The molecule has 0 saturated heterocycles. The van der Waals surface area contributed by atoms with Gasteiger partial charge in [0.2, 0.25) is 0 Å². The molecule has 0 amide bonds. The third-order valence-corrected chi connectivity index (χ3v) is 4.74. The lowest BCUT2D eigenvalue weighted by atomic mass is 10.1. The molecule has 1 aliphatic carbocycles. The van der Waals surface area contributed by atoms with E-state index in [2.05, 4.69) is 9.97 Å². The summed E-state index contributed by atoms with van der Waals surface area (Å²) in [7, 11) is 0. The molecule has 1 aliphatic rings. The summed E-state index contributed by atoms with van der Waals surface area (Å²) in [6.45, 7) is 2.26. The lowest BCUT2D eigenvalue weighted by Crippen LogP contribution is -2.11. The average molecular weight is 246 g/mol. The van der Waals surface area contributed by atoms with E-state index < -0.39 is 0 Å². The van der Waals surface area contributed by atoms with Crippen LogP contribution < -0.4 is 0 Å². The molecule has 3 nitrogen and oxygen atoms in total. The fraction of sp³-hybridized carbons (Fsp3) is 0.385. The van der Waals surface area contributed by atoms with E-state index in [1.807, 2.05) is 25.1 Å². The number of aromatic nitrogens is 2. The van der Waals surface area contributed by atoms with Gasteiger partial charge in [-0.15, -0.1) is 11.3 Å². The maximum absolute atomic E-state index is 9.48. The van der Waals surface area contributed by atoms with Gasteiger partial charge >= 0.3 is 0 Å².